The van der Waals surface area contributed by atoms with Gasteiger partial charge in [0.05, 0.1) is 18.4 Å². The monoisotopic (exact) mass is 283 g/mol. The molecule has 0 aromatic carbocycles. The van der Waals surface area contributed by atoms with Gasteiger partial charge in [-0.05, 0) is 18.9 Å². The maximum Gasteiger partial charge on any atom is 0.127 e. The molecule has 2 rings (SSSR count). The largest absolute Gasteiger partial charge is 0.364 e. The molecular weight excluding hydrogens is 262 g/mol. The fourth-order valence-electron chi connectivity index (χ4n) is 2.00. The Kier molecular flexibility index (Phi) is 5.42. The van der Waals surface area contributed by atoms with E-state index >= 15 is 0 Å². The number of halogens is 1. The van der Waals surface area contributed by atoms with Crippen molar-refractivity contribution in [1.29, 1.82) is 0 Å². The number of aromatic nitrogens is 4. The number of aryl methyl sites for hydroxylation is 2. The second-order valence-corrected chi connectivity index (χ2v) is 5.05. The first-order valence-corrected chi connectivity index (χ1v) is 6.31. The zero-order chi connectivity index (χ0) is 13.1. The minimum absolute atomic E-state index is 0. The summed E-state index contributed by atoms with van der Waals surface area (Å²) in [5.41, 5.74) is 2.36. The minimum atomic E-state index is 0. The second-order valence-electron chi connectivity index (χ2n) is 5.05. The molecule has 0 unspecified atom stereocenters. The first-order chi connectivity index (χ1) is 8.58. The topological polar surface area (TPSA) is 47.7 Å². The molecule has 19 heavy (non-hydrogen) atoms. The van der Waals surface area contributed by atoms with Gasteiger partial charge in [-0.1, -0.05) is 13.8 Å². The summed E-state index contributed by atoms with van der Waals surface area (Å²) in [5.74, 6) is 1.66. The summed E-state index contributed by atoms with van der Waals surface area (Å²) in [6.45, 7) is 8.18. The Morgan fingerprint density at radius 3 is 2.63 bits per heavy atom. The van der Waals surface area contributed by atoms with Gasteiger partial charge in [0.1, 0.15) is 5.82 Å². The quantitative estimate of drug-likeness (QED) is 0.918. The lowest BCUT2D eigenvalue weighted by molar-refractivity contribution is 0.470. The number of hydrogen-bond acceptors (Lipinski definition) is 3. The summed E-state index contributed by atoms with van der Waals surface area (Å²) in [5, 5.41) is 12.0. The highest BCUT2D eigenvalue weighted by atomic mass is 35.5. The number of hydrogen-bond donors (Lipinski definition) is 1. The molecule has 0 radical (unpaired) electrons. The fraction of sp³-hybridized carbons (Fsp3) is 0.538. The van der Waals surface area contributed by atoms with Crippen molar-refractivity contribution in [2.24, 2.45) is 13.0 Å². The van der Waals surface area contributed by atoms with Crippen LogP contribution in [0.25, 0.3) is 0 Å². The number of anilines is 1. The highest BCUT2D eigenvalue weighted by Crippen LogP contribution is 2.14. The highest BCUT2D eigenvalue weighted by molar-refractivity contribution is 5.85. The van der Waals surface area contributed by atoms with Crippen molar-refractivity contribution in [3.8, 4) is 0 Å². The molecule has 0 bridgehead atoms. The lowest BCUT2D eigenvalue weighted by Gasteiger charge is -2.12. The van der Waals surface area contributed by atoms with Gasteiger partial charge in [0.25, 0.3) is 0 Å². The molecular formula is C13H22ClN5. The number of rotatable bonds is 5. The summed E-state index contributed by atoms with van der Waals surface area (Å²) in [6.07, 6.45) is 3.73. The molecule has 0 aliphatic heterocycles. The normalized spacial score (nSPS) is 10.6. The predicted octanol–water partition coefficient (Wildman–Crippen LogP) is 2.61. The molecule has 0 aliphatic carbocycles. The molecule has 106 valence electrons. The minimum Gasteiger partial charge on any atom is -0.364 e. The molecule has 2 aromatic rings. The molecule has 1 N–H and O–H groups in total. The Labute approximate surface area is 120 Å². The average molecular weight is 284 g/mol. The van der Waals surface area contributed by atoms with E-state index in [9.17, 15) is 0 Å². The fourth-order valence-corrected chi connectivity index (χ4v) is 2.00. The average Bonchev–Trinajstić information content (AvgIpc) is 2.85. The molecule has 5 nitrogen and oxygen atoms in total. The van der Waals surface area contributed by atoms with E-state index in [4.69, 9.17) is 0 Å². The van der Waals surface area contributed by atoms with E-state index < -0.39 is 0 Å². The Balaban J connectivity index is 0.00000180. The number of nitrogens with zero attached hydrogens (tertiary/aromatic N) is 4. The first kappa shape index (κ1) is 15.6. The second kappa shape index (κ2) is 6.61. The van der Waals surface area contributed by atoms with Crippen LogP contribution in [0.15, 0.2) is 18.5 Å². The Morgan fingerprint density at radius 2 is 2.05 bits per heavy atom. The van der Waals surface area contributed by atoms with Crippen molar-refractivity contribution in [3.05, 3.63) is 29.7 Å². The van der Waals surface area contributed by atoms with Gasteiger partial charge in [-0.2, -0.15) is 10.2 Å². The molecule has 2 aromatic heterocycles. The summed E-state index contributed by atoms with van der Waals surface area (Å²) in [4.78, 5) is 0. The molecule has 0 spiro atoms. The molecule has 0 fully saturated rings. The van der Waals surface area contributed by atoms with Crippen LogP contribution in [0.3, 0.4) is 0 Å². The van der Waals surface area contributed by atoms with Crippen molar-refractivity contribution in [2.45, 2.75) is 33.9 Å². The van der Waals surface area contributed by atoms with Crippen LogP contribution in [0.1, 0.15) is 25.1 Å². The molecule has 0 saturated heterocycles. The summed E-state index contributed by atoms with van der Waals surface area (Å²) >= 11 is 0. The summed E-state index contributed by atoms with van der Waals surface area (Å²) in [7, 11) is 1.95. The molecule has 0 aliphatic rings. The molecule has 6 heteroatoms. The van der Waals surface area contributed by atoms with E-state index in [1.54, 1.807) is 0 Å². The van der Waals surface area contributed by atoms with E-state index in [0.717, 1.165) is 24.5 Å². The van der Waals surface area contributed by atoms with E-state index in [-0.39, 0.29) is 12.4 Å². The van der Waals surface area contributed by atoms with Gasteiger partial charge in [-0.25, -0.2) is 0 Å². The van der Waals surface area contributed by atoms with E-state index in [0.29, 0.717) is 5.92 Å². The zero-order valence-electron chi connectivity index (χ0n) is 11.9. The van der Waals surface area contributed by atoms with Crippen LogP contribution < -0.4 is 5.32 Å². The van der Waals surface area contributed by atoms with Crippen molar-refractivity contribution in [3.63, 3.8) is 0 Å². The smallest absolute Gasteiger partial charge is 0.127 e. The van der Waals surface area contributed by atoms with Crippen LogP contribution in [-0.4, -0.2) is 19.6 Å². The Bertz CT molecular complexity index is 495. The summed E-state index contributed by atoms with van der Waals surface area (Å²) < 4.78 is 3.92. The highest BCUT2D eigenvalue weighted by Gasteiger charge is 2.07. The van der Waals surface area contributed by atoms with Gasteiger partial charge in [-0.15, -0.1) is 12.4 Å². The van der Waals surface area contributed by atoms with Gasteiger partial charge < -0.3 is 5.32 Å². The first-order valence-electron chi connectivity index (χ1n) is 6.31. The van der Waals surface area contributed by atoms with Crippen LogP contribution >= 0.6 is 12.4 Å². The van der Waals surface area contributed by atoms with Gasteiger partial charge in [0.2, 0.25) is 0 Å². The number of nitrogens with one attached hydrogen (secondary N) is 1. The molecule has 0 atom stereocenters. The standard InChI is InChI=1S/C13H21N5.ClH/c1-10(2)9-18-12(5-6-15-18)8-14-13-11(3)7-16-17(13)4;/h5-7,10,14H,8-9H2,1-4H3;1H. The SMILES string of the molecule is Cc1cnn(C)c1NCc1ccnn1CC(C)C.Cl. The predicted molar refractivity (Wildman–Crippen MR) is 79.6 cm³/mol. The molecule has 0 amide bonds. The van der Waals surface area contributed by atoms with Crippen LogP contribution in [0.4, 0.5) is 5.82 Å². The van der Waals surface area contributed by atoms with Gasteiger partial charge >= 0.3 is 0 Å². The zero-order valence-corrected chi connectivity index (χ0v) is 12.7. The summed E-state index contributed by atoms with van der Waals surface area (Å²) in [6, 6.07) is 2.06. The Morgan fingerprint density at radius 1 is 1.32 bits per heavy atom. The van der Waals surface area contributed by atoms with E-state index in [1.807, 2.05) is 24.1 Å². The van der Waals surface area contributed by atoms with Crippen molar-refractivity contribution in [2.75, 3.05) is 5.32 Å². The Hall–Kier alpha value is -1.49. The van der Waals surface area contributed by atoms with Crippen LogP contribution in [0.2, 0.25) is 0 Å². The lowest BCUT2D eigenvalue weighted by atomic mass is 10.2. The third-order valence-electron chi connectivity index (χ3n) is 2.90. The molecule has 2 heterocycles. The maximum absolute atomic E-state index is 4.36. The van der Waals surface area contributed by atoms with Crippen LogP contribution in [0.5, 0.6) is 0 Å². The van der Waals surface area contributed by atoms with Gasteiger partial charge in [0, 0.05) is 25.4 Å². The van der Waals surface area contributed by atoms with Crippen molar-refractivity contribution in [1.82, 2.24) is 19.6 Å². The van der Waals surface area contributed by atoms with Crippen molar-refractivity contribution >= 4 is 18.2 Å². The van der Waals surface area contributed by atoms with Crippen LogP contribution in [-0.2, 0) is 20.1 Å². The molecule has 0 saturated carbocycles. The third-order valence-corrected chi connectivity index (χ3v) is 2.90. The van der Waals surface area contributed by atoms with Crippen LogP contribution in [0, 0.1) is 12.8 Å². The van der Waals surface area contributed by atoms with Gasteiger partial charge in [-0.3, -0.25) is 9.36 Å². The third kappa shape index (κ3) is 3.73. The van der Waals surface area contributed by atoms with E-state index in [1.165, 1.54) is 5.69 Å². The maximum atomic E-state index is 4.36. The van der Waals surface area contributed by atoms with Gasteiger partial charge in [0.15, 0.2) is 0 Å². The lowest BCUT2D eigenvalue weighted by Crippen LogP contribution is -2.13. The van der Waals surface area contributed by atoms with Crippen molar-refractivity contribution < 1.29 is 0 Å². The van der Waals surface area contributed by atoms with E-state index in [2.05, 4.69) is 47.0 Å².